The second-order valence-corrected chi connectivity index (χ2v) is 4.15. The maximum absolute atomic E-state index is 12.3. The van der Waals surface area contributed by atoms with Crippen LogP contribution < -0.4 is 0 Å². The summed E-state index contributed by atoms with van der Waals surface area (Å²) >= 11 is 1.15. The number of carbonyl (C=O) groups is 1. The highest BCUT2D eigenvalue weighted by Gasteiger charge is 2.30. The van der Waals surface area contributed by atoms with Crippen molar-refractivity contribution in [2.24, 2.45) is 0 Å². The number of nitrogens with zero attached hydrogens (tertiary/aromatic N) is 1. The minimum absolute atomic E-state index is 0.305. The SMILES string of the molecule is O=Cc1nc(-c2ccc(C(F)(F)F)cc2)cs1. The summed E-state index contributed by atoms with van der Waals surface area (Å²) < 4.78 is 37.0. The van der Waals surface area contributed by atoms with Crippen molar-refractivity contribution >= 4 is 17.6 Å². The zero-order chi connectivity index (χ0) is 12.5. The fourth-order valence-electron chi connectivity index (χ4n) is 1.30. The number of halogens is 3. The maximum atomic E-state index is 12.3. The molecule has 0 amide bonds. The summed E-state index contributed by atoms with van der Waals surface area (Å²) in [5.41, 5.74) is 0.361. The summed E-state index contributed by atoms with van der Waals surface area (Å²) in [5, 5.41) is 1.94. The first-order valence-corrected chi connectivity index (χ1v) is 5.47. The van der Waals surface area contributed by atoms with Gasteiger partial charge in [0.15, 0.2) is 11.3 Å². The molecule has 0 atom stereocenters. The van der Waals surface area contributed by atoms with Gasteiger partial charge in [0.2, 0.25) is 0 Å². The summed E-state index contributed by atoms with van der Waals surface area (Å²) in [6.45, 7) is 0. The van der Waals surface area contributed by atoms with Gasteiger partial charge >= 0.3 is 6.18 Å². The molecule has 0 unspecified atom stereocenters. The number of rotatable bonds is 2. The van der Waals surface area contributed by atoms with Crippen LogP contribution in [0.25, 0.3) is 11.3 Å². The number of carbonyl (C=O) groups excluding carboxylic acids is 1. The largest absolute Gasteiger partial charge is 0.416 e. The molecule has 0 spiro atoms. The molecule has 0 bridgehead atoms. The standard InChI is InChI=1S/C11H6F3NOS/c12-11(13,14)8-3-1-7(2-4-8)9-6-17-10(5-16)15-9/h1-6H. The van der Waals surface area contributed by atoms with Crippen molar-refractivity contribution in [1.29, 1.82) is 0 Å². The Morgan fingerprint density at radius 2 is 1.82 bits per heavy atom. The normalized spacial score (nSPS) is 11.5. The summed E-state index contributed by atoms with van der Waals surface area (Å²) in [6.07, 6.45) is -3.73. The van der Waals surface area contributed by atoms with E-state index in [4.69, 9.17) is 0 Å². The van der Waals surface area contributed by atoms with E-state index in [0.717, 1.165) is 23.5 Å². The van der Waals surface area contributed by atoms with Gasteiger partial charge in [-0.1, -0.05) is 12.1 Å². The van der Waals surface area contributed by atoms with Gasteiger partial charge in [0, 0.05) is 10.9 Å². The molecule has 2 aromatic rings. The molecule has 0 saturated heterocycles. The first-order chi connectivity index (χ1) is 8.00. The first-order valence-electron chi connectivity index (χ1n) is 4.59. The van der Waals surface area contributed by atoms with Crippen LogP contribution in [-0.2, 0) is 6.18 Å². The van der Waals surface area contributed by atoms with Crippen LogP contribution in [0, 0.1) is 0 Å². The fourth-order valence-corrected chi connectivity index (χ4v) is 1.93. The van der Waals surface area contributed by atoms with E-state index in [9.17, 15) is 18.0 Å². The molecule has 6 heteroatoms. The lowest BCUT2D eigenvalue weighted by Crippen LogP contribution is -2.03. The van der Waals surface area contributed by atoms with Crippen LogP contribution >= 0.6 is 11.3 Å². The van der Waals surface area contributed by atoms with Gasteiger partial charge in [0.1, 0.15) is 0 Å². The van der Waals surface area contributed by atoms with Gasteiger partial charge in [-0.05, 0) is 12.1 Å². The number of hydrogen-bond donors (Lipinski definition) is 0. The Balaban J connectivity index is 2.32. The van der Waals surface area contributed by atoms with Crippen LogP contribution in [0.3, 0.4) is 0 Å². The molecular formula is C11H6F3NOS. The lowest BCUT2D eigenvalue weighted by molar-refractivity contribution is -0.137. The molecule has 88 valence electrons. The molecule has 0 aliphatic rings. The van der Waals surface area contributed by atoms with Gasteiger partial charge in [0.05, 0.1) is 11.3 Å². The Labute approximate surface area is 98.7 Å². The van der Waals surface area contributed by atoms with E-state index in [1.54, 1.807) is 5.38 Å². The number of thiazole rings is 1. The van der Waals surface area contributed by atoms with Gasteiger partial charge < -0.3 is 0 Å². The Morgan fingerprint density at radius 3 is 2.29 bits per heavy atom. The third-order valence-corrected chi connectivity index (χ3v) is 2.90. The highest BCUT2D eigenvalue weighted by Crippen LogP contribution is 2.31. The molecular weight excluding hydrogens is 251 g/mol. The monoisotopic (exact) mass is 257 g/mol. The Kier molecular flexibility index (Phi) is 2.97. The average Bonchev–Trinajstić information content (AvgIpc) is 2.76. The lowest BCUT2D eigenvalue weighted by Gasteiger charge is -2.06. The second-order valence-electron chi connectivity index (χ2n) is 3.26. The van der Waals surface area contributed by atoms with Crippen LogP contribution in [-0.4, -0.2) is 11.3 Å². The summed E-state index contributed by atoms with van der Waals surface area (Å²) in [7, 11) is 0. The number of aldehydes is 1. The van der Waals surface area contributed by atoms with Crippen LogP contribution in [0.4, 0.5) is 13.2 Å². The van der Waals surface area contributed by atoms with Gasteiger partial charge in [-0.15, -0.1) is 11.3 Å². The van der Waals surface area contributed by atoms with E-state index in [1.807, 2.05) is 0 Å². The van der Waals surface area contributed by atoms with Crippen molar-refractivity contribution < 1.29 is 18.0 Å². The van der Waals surface area contributed by atoms with Crippen molar-refractivity contribution in [3.05, 3.63) is 40.2 Å². The molecule has 0 aliphatic heterocycles. The summed E-state index contributed by atoms with van der Waals surface area (Å²) in [5.74, 6) is 0. The molecule has 0 saturated carbocycles. The molecule has 2 rings (SSSR count). The van der Waals surface area contributed by atoms with Gasteiger partial charge in [-0.25, -0.2) is 4.98 Å². The molecule has 0 aliphatic carbocycles. The van der Waals surface area contributed by atoms with E-state index in [1.165, 1.54) is 12.1 Å². The van der Waals surface area contributed by atoms with E-state index < -0.39 is 11.7 Å². The summed E-state index contributed by atoms with van der Waals surface area (Å²) in [6, 6.07) is 4.67. The number of hydrogen-bond acceptors (Lipinski definition) is 3. The Hall–Kier alpha value is -1.69. The predicted octanol–water partition coefficient (Wildman–Crippen LogP) is 3.64. The van der Waals surface area contributed by atoms with Crippen LogP contribution in [0.1, 0.15) is 15.4 Å². The molecule has 2 nitrogen and oxygen atoms in total. The topological polar surface area (TPSA) is 30.0 Å². The van der Waals surface area contributed by atoms with Crippen molar-refractivity contribution in [3.8, 4) is 11.3 Å². The third-order valence-electron chi connectivity index (χ3n) is 2.13. The molecule has 0 N–H and O–H groups in total. The van der Waals surface area contributed by atoms with Gasteiger partial charge in [0.25, 0.3) is 0 Å². The smallest absolute Gasteiger partial charge is 0.295 e. The minimum Gasteiger partial charge on any atom is -0.295 e. The molecule has 17 heavy (non-hydrogen) atoms. The highest BCUT2D eigenvalue weighted by molar-refractivity contribution is 7.11. The van der Waals surface area contributed by atoms with Gasteiger partial charge in [-0.3, -0.25) is 4.79 Å². The van der Waals surface area contributed by atoms with E-state index in [0.29, 0.717) is 22.6 Å². The molecule has 1 aromatic heterocycles. The van der Waals surface area contributed by atoms with Crippen molar-refractivity contribution in [3.63, 3.8) is 0 Å². The maximum Gasteiger partial charge on any atom is 0.416 e. The quantitative estimate of drug-likeness (QED) is 0.769. The first kappa shape index (κ1) is 11.8. The van der Waals surface area contributed by atoms with Crippen LogP contribution in [0.2, 0.25) is 0 Å². The summed E-state index contributed by atoms with van der Waals surface area (Å²) in [4.78, 5) is 14.4. The Morgan fingerprint density at radius 1 is 1.18 bits per heavy atom. The minimum atomic E-state index is -4.34. The molecule has 1 heterocycles. The molecule has 0 radical (unpaired) electrons. The zero-order valence-corrected chi connectivity index (χ0v) is 9.18. The number of alkyl halides is 3. The third kappa shape index (κ3) is 2.52. The Bertz CT molecular complexity index is 530. The number of aromatic nitrogens is 1. The van der Waals surface area contributed by atoms with E-state index in [2.05, 4.69) is 4.98 Å². The van der Waals surface area contributed by atoms with Crippen molar-refractivity contribution in [2.45, 2.75) is 6.18 Å². The van der Waals surface area contributed by atoms with Gasteiger partial charge in [-0.2, -0.15) is 13.2 Å². The highest BCUT2D eigenvalue weighted by atomic mass is 32.1. The predicted molar refractivity (Wildman–Crippen MR) is 57.9 cm³/mol. The van der Waals surface area contributed by atoms with Crippen LogP contribution in [0.5, 0.6) is 0 Å². The van der Waals surface area contributed by atoms with Crippen molar-refractivity contribution in [1.82, 2.24) is 4.98 Å². The zero-order valence-electron chi connectivity index (χ0n) is 8.36. The van der Waals surface area contributed by atoms with E-state index >= 15 is 0 Å². The number of benzene rings is 1. The van der Waals surface area contributed by atoms with E-state index in [-0.39, 0.29) is 0 Å². The second kappa shape index (κ2) is 4.29. The van der Waals surface area contributed by atoms with Crippen LogP contribution in [0.15, 0.2) is 29.6 Å². The molecule has 1 aromatic carbocycles. The lowest BCUT2D eigenvalue weighted by atomic mass is 10.1. The fraction of sp³-hybridized carbons (Fsp3) is 0.0909. The van der Waals surface area contributed by atoms with Crippen molar-refractivity contribution in [2.75, 3.05) is 0 Å². The molecule has 0 fully saturated rings. The average molecular weight is 257 g/mol.